The summed E-state index contributed by atoms with van der Waals surface area (Å²) in [7, 11) is 0. The Morgan fingerprint density at radius 3 is 2.80 bits per heavy atom. The Labute approximate surface area is 123 Å². The average Bonchev–Trinajstić information content (AvgIpc) is 2.77. The number of β-amino-alcohol motifs (C(OH)–C–C–N with tert-alkyl or cyclic N) is 1. The minimum atomic E-state index is -0.574. The quantitative estimate of drug-likeness (QED) is 0.724. The van der Waals surface area contributed by atoms with Crippen LogP contribution < -0.4 is 10.6 Å². The third kappa shape index (κ3) is 4.83. The van der Waals surface area contributed by atoms with Gasteiger partial charge in [0.15, 0.2) is 0 Å². The number of hydrogen-bond acceptors (Lipinski definition) is 3. The number of hydrogen-bond donors (Lipinski definition) is 3. The van der Waals surface area contributed by atoms with E-state index in [2.05, 4.69) is 10.6 Å². The Morgan fingerprint density at radius 2 is 2.15 bits per heavy atom. The number of rotatable bonds is 5. The van der Waals surface area contributed by atoms with Crippen molar-refractivity contribution in [1.82, 2.24) is 10.6 Å². The van der Waals surface area contributed by atoms with E-state index in [0.29, 0.717) is 25.2 Å². The van der Waals surface area contributed by atoms with Crippen molar-refractivity contribution in [3.63, 3.8) is 0 Å². The van der Waals surface area contributed by atoms with Gasteiger partial charge in [-0.25, -0.2) is 8.78 Å². The van der Waals surface area contributed by atoms with Crippen LogP contribution in [0.1, 0.15) is 5.56 Å². The van der Waals surface area contributed by atoms with Gasteiger partial charge in [0, 0.05) is 43.7 Å². The summed E-state index contributed by atoms with van der Waals surface area (Å²) < 4.78 is 26.0. The molecule has 1 aliphatic heterocycles. The molecule has 1 fully saturated rings. The Morgan fingerprint density at radius 1 is 1.35 bits per heavy atom. The second-order valence-electron chi connectivity index (χ2n) is 4.71. The minimum absolute atomic E-state index is 0. The third-order valence-electron chi connectivity index (χ3n) is 3.23. The zero-order valence-electron chi connectivity index (χ0n) is 11.0. The van der Waals surface area contributed by atoms with Crippen molar-refractivity contribution < 1.29 is 13.9 Å². The Hall–Kier alpha value is -1.01. The largest absolute Gasteiger partial charge is 0.391 e. The normalized spacial score (nSPS) is 22.1. The lowest BCUT2D eigenvalue weighted by atomic mass is 10.1. The molecule has 3 nitrogen and oxygen atoms in total. The van der Waals surface area contributed by atoms with Gasteiger partial charge in [-0.15, -0.1) is 12.4 Å². The van der Waals surface area contributed by atoms with E-state index >= 15 is 0 Å². The first kappa shape index (κ1) is 17.0. The SMILES string of the molecule is Cl.OC1CNCC1CNC/C=C/c1ccc(F)cc1F. The van der Waals surface area contributed by atoms with E-state index in [1.165, 1.54) is 12.1 Å². The molecule has 2 atom stereocenters. The molecule has 0 radical (unpaired) electrons. The molecule has 1 saturated heterocycles. The van der Waals surface area contributed by atoms with E-state index < -0.39 is 11.6 Å². The molecule has 0 amide bonds. The highest BCUT2D eigenvalue weighted by molar-refractivity contribution is 5.85. The van der Waals surface area contributed by atoms with Crippen LogP contribution in [0.4, 0.5) is 8.78 Å². The number of nitrogens with one attached hydrogen (secondary N) is 2. The van der Waals surface area contributed by atoms with Gasteiger partial charge in [0.2, 0.25) is 0 Å². The second kappa shape index (κ2) is 8.32. The fourth-order valence-corrected chi connectivity index (χ4v) is 2.10. The van der Waals surface area contributed by atoms with Gasteiger partial charge in [-0.2, -0.15) is 0 Å². The van der Waals surface area contributed by atoms with Gasteiger partial charge >= 0.3 is 0 Å². The molecule has 112 valence electrons. The lowest BCUT2D eigenvalue weighted by Crippen LogP contribution is -2.30. The first-order valence-corrected chi connectivity index (χ1v) is 6.38. The zero-order valence-corrected chi connectivity index (χ0v) is 11.8. The van der Waals surface area contributed by atoms with Crippen LogP contribution in [0.15, 0.2) is 24.3 Å². The van der Waals surface area contributed by atoms with Gasteiger partial charge < -0.3 is 15.7 Å². The number of halogens is 3. The molecule has 20 heavy (non-hydrogen) atoms. The molecule has 2 rings (SSSR count). The van der Waals surface area contributed by atoms with Gasteiger partial charge in [0.05, 0.1) is 6.10 Å². The summed E-state index contributed by atoms with van der Waals surface area (Å²) in [4.78, 5) is 0. The van der Waals surface area contributed by atoms with Crippen molar-refractivity contribution in [3.05, 3.63) is 41.5 Å². The van der Waals surface area contributed by atoms with E-state index in [1.807, 2.05) is 0 Å². The van der Waals surface area contributed by atoms with Crippen LogP contribution in [0.2, 0.25) is 0 Å². The molecule has 1 heterocycles. The van der Waals surface area contributed by atoms with Gasteiger partial charge in [-0.1, -0.05) is 12.2 Å². The van der Waals surface area contributed by atoms with Gasteiger partial charge in [-0.3, -0.25) is 0 Å². The fourth-order valence-electron chi connectivity index (χ4n) is 2.10. The molecular weight excluding hydrogens is 286 g/mol. The van der Waals surface area contributed by atoms with Gasteiger partial charge in [0.1, 0.15) is 11.6 Å². The topological polar surface area (TPSA) is 44.3 Å². The Bertz CT molecular complexity index is 457. The van der Waals surface area contributed by atoms with Crippen molar-refractivity contribution >= 4 is 18.5 Å². The van der Waals surface area contributed by atoms with Crippen molar-refractivity contribution in [2.24, 2.45) is 5.92 Å². The summed E-state index contributed by atoms with van der Waals surface area (Å²) in [5.74, 6) is -0.918. The molecule has 3 N–H and O–H groups in total. The van der Waals surface area contributed by atoms with E-state index in [9.17, 15) is 13.9 Å². The summed E-state index contributed by atoms with van der Waals surface area (Å²) >= 11 is 0. The summed E-state index contributed by atoms with van der Waals surface area (Å²) in [6, 6.07) is 3.51. The highest BCUT2D eigenvalue weighted by Crippen LogP contribution is 2.11. The summed E-state index contributed by atoms with van der Waals surface area (Å²) in [6.45, 7) is 2.75. The summed E-state index contributed by atoms with van der Waals surface area (Å²) in [5.41, 5.74) is 0.366. The predicted molar refractivity (Wildman–Crippen MR) is 77.9 cm³/mol. The van der Waals surface area contributed by atoms with Crippen LogP contribution in [0, 0.1) is 17.6 Å². The number of benzene rings is 1. The molecular formula is C14H19ClF2N2O. The van der Waals surface area contributed by atoms with E-state index in [4.69, 9.17) is 0 Å². The number of aliphatic hydroxyl groups excluding tert-OH is 1. The molecule has 0 aliphatic carbocycles. The molecule has 0 spiro atoms. The van der Waals surface area contributed by atoms with Crippen molar-refractivity contribution in [2.45, 2.75) is 6.10 Å². The number of aliphatic hydroxyl groups is 1. The highest BCUT2D eigenvalue weighted by Gasteiger charge is 2.23. The van der Waals surface area contributed by atoms with Crippen molar-refractivity contribution in [1.29, 1.82) is 0 Å². The third-order valence-corrected chi connectivity index (χ3v) is 3.23. The molecule has 6 heteroatoms. The fraction of sp³-hybridized carbons (Fsp3) is 0.429. The van der Waals surface area contributed by atoms with Gasteiger partial charge in [0.25, 0.3) is 0 Å². The lowest BCUT2D eigenvalue weighted by Gasteiger charge is -2.12. The van der Waals surface area contributed by atoms with Crippen LogP contribution in [-0.4, -0.2) is 37.4 Å². The first-order chi connectivity index (χ1) is 9.16. The smallest absolute Gasteiger partial charge is 0.133 e. The lowest BCUT2D eigenvalue weighted by molar-refractivity contribution is 0.147. The molecule has 1 aliphatic rings. The van der Waals surface area contributed by atoms with Crippen LogP contribution in [-0.2, 0) is 0 Å². The Kier molecular flexibility index (Phi) is 7.09. The predicted octanol–water partition coefficient (Wildman–Crippen LogP) is 1.57. The molecule has 2 unspecified atom stereocenters. The maximum atomic E-state index is 13.3. The highest BCUT2D eigenvalue weighted by atomic mass is 35.5. The van der Waals surface area contributed by atoms with E-state index in [0.717, 1.165) is 12.6 Å². The average molecular weight is 305 g/mol. The molecule has 1 aromatic carbocycles. The molecule has 1 aromatic rings. The minimum Gasteiger partial charge on any atom is -0.391 e. The molecule has 0 bridgehead atoms. The second-order valence-corrected chi connectivity index (χ2v) is 4.71. The monoisotopic (exact) mass is 304 g/mol. The maximum Gasteiger partial charge on any atom is 0.133 e. The Balaban J connectivity index is 0.00000200. The molecule has 0 saturated carbocycles. The van der Waals surface area contributed by atoms with Crippen molar-refractivity contribution in [2.75, 3.05) is 26.2 Å². The maximum absolute atomic E-state index is 13.3. The van der Waals surface area contributed by atoms with Crippen LogP contribution >= 0.6 is 12.4 Å². The van der Waals surface area contributed by atoms with E-state index in [1.54, 1.807) is 12.2 Å². The molecule has 0 aromatic heterocycles. The summed E-state index contributed by atoms with van der Waals surface area (Å²) in [5, 5.41) is 15.9. The van der Waals surface area contributed by atoms with Crippen molar-refractivity contribution in [3.8, 4) is 0 Å². The standard InChI is InChI=1S/C14H18F2N2O.ClH/c15-12-4-3-10(13(16)6-12)2-1-5-17-7-11-8-18-9-14(11)19;/h1-4,6,11,14,17-19H,5,7-9H2;1H/b2-1+;. The summed E-state index contributed by atoms with van der Waals surface area (Å²) in [6.07, 6.45) is 3.10. The van der Waals surface area contributed by atoms with Crippen LogP contribution in [0.25, 0.3) is 6.08 Å². The van der Waals surface area contributed by atoms with E-state index in [-0.39, 0.29) is 24.4 Å². The van der Waals surface area contributed by atoms with Crippen LogP contribution in [0.5, 0.6) is 0 Å². The van der Waals surface area contributed by atoms with Gasteiger partial charge in [-0.05, 0) is 12.1 Å². The zero-order chi connectivity index (χ0) is 13.7. The first-order valence-electron chi connectivity index (χ1n) is 6.38. The van der Waals surface area contributed by atoms with Crippen LogP contribution in [0.3, 0.4) is 0 Å².